The molecule has 29 heavy (non-hydrogen) atoms. The van der Waals surface area contributed by atoms with Crippen LogP contribution in [0.25, 0.3) is 21.5 Å². The number of nitrogens with zero attached hydrogens (tertiary/aromatic N) is 4. The number of thiazole rings is 1. The maximum absolute atomic E-state index is 12.4. The molecule has 0 aliphatic rings. The molecule has 0 bridgehead atoms. The number of alkyl halides is 3. The number of ether oxygens (including phenoxy) is 1. The average molecular weight is 484 g/mol. The summed E-state index contributed by atoms with van der Waals surface area (Å²) in [6.45, 7) is 0.887. The van der Waals surface area contributed by atoms with Crippen LogP contribution in [0, 0.1) is 5.41 Å². The van der Waals surface area contributed by atoms with Gasteiger partial charge in [0.25, 0.3) is 0 Å². The van der Waals surface area contributed by atoms with Crippen LogP contribution in [0.15, 0.2) is 53.1 Å². The fraction of sp³-hybridized carbons (Fsp3) is 0.167. The molecule has 0 saturated carbocycles. The zero-order chi connectivity index (χ0) is 20.6. The third-order valence-electron chi connectivity index (χ3n) is 4.15. The smallest absolute Gasteiger partial charge is 0.406 e. The summed E-state index contributed by atoms with van der Waals surface area (Å²) in [5.74, 6) is -0.298. The van der Waals surface area contributed by atoms with E-state index >= 15 is 0 Å². The van der Waals surface area contributed by atoms with Crippen molar-refractivity contribution in [3.63, 3.8) is 0 Å². The number of halogens is 4. The van der Waals surface area contributed by atoms with E-state index in [2.05, 4.69) is 31.0 Å². The van der Waals surface area contributed by atoms with Crippen molar-refractivity contribution >= 4 is 37.5 Å². The monoisotopic (exact) mass is 483 g/mol. The molecular weight excluding hydrogens is 471 g/mol. The van der Waals surface area contributed by atoms with Gasteiger partial charge in [-0.3, -0.25) is 10.1 Å². The number of fused-ring (bicyclic) bond motifs is 1. The Balaban J connectivity index is 1.54. The molecule has 2 aromatic carbocycles. The highest BCUT2D eigenvalue weighted by atomic mass is 79.9. The second kappa shape index (κ2) is 7.64. The number of nitrogens with one attached hydrogen (secondary N) is 1. The van der Waals surface area contributed by atoms with Gasteiger partial charge in [0.1, 0.15) is 11.4 Å². The standard InChI is InChI=1S/C18H13BrF3N5OS/c19-13-4-2-1-3-12(13)14-10-26(25-24-14)7-8-27-15-6-5-11(28-18(20,21)22)9-16(15)29-17(27)23/h1-6,9-10,23H,7-8H2. The molecule has 0 aliphatic heterocycles. The highest BCUT2D eigenvalue weighted by Gasteiger charge is 2.31. The van der Waals surface area contributed by atoms with Crippen molar-refractivity contribution in [1.82, 2.24) is 19.6 Å². The summed E-state index contributed by atoms with van der Waals surface area (Å²) in [5.41, 5.74) is 2.31. The SMILES string of the molecule is N=c1sc2cc(OC(F)(F)F)ccc2n1CCn1cc(-c2ccccc2Br)nn1. The predicted molar refractivity (Wildman–Crippen MR) is 106 cm³/mol. The van der Waals surface area contributed by atoms with E-state index in [4.69, 9.17) is 5.41 Å². The zero-order valence-electron chi connectivity index (χ0n) is 14.7. The Kier molecular flexibility index (Phi) is 5.17. The molecule has 11 heteroatoms. The second-order valence-electron chi connectivity index (χ2n) is 6.08. The number of aryl methyl sites for hydroxylation is 2. The summed E-state index contributed by atoms with van der Waals surface area (Å²) < 4.78 is 46.0. The lowest BCUT2D eigenvalue weighted by atomic mass is 10.2. The van der Waals surface area contributed by atoms with E-state index in [0.717, 1.165) is 27.1 Å². The van der Waals surface area contributed by atoms with E-state index in [9.17, 15) is 13.2 Å². The maximum atomic E-state index is 12.4. The molecule has 2 aromatic heterocycles. The predicted octanol–water partition coefficient (Wildman–Crippen LogP) is 4.80. The Bertz CT molecular complexity index is 1230. The number of hydrogen-bond acceptors (Lipinski definition) is 5. The molecule has 4 aromatic rings. The Morgan fingerprint density at radius 1 is 1.14 bits per heavy atom. The van der Waals surface area contributed by atoms with E-state index in [-0.39, 0.29) is 10.6 Å². The van der Waals surface area contributed by atoms with Gasteiger partial charge in [-0.15, -0.1) is 18.3 Å². The van der Waals surface area contributed by atoms with E-state index in [1.54, 1.807) is 9.25 Å². The summed E-state index contributed by atoms with van der Waals surface area (Å²) >= 11 is 4.58. The minimum absolute atomic E-state index is 0.232. The van der Waals surface area contributed by atoms with Crippen LogP contribution in [0.1, 0.15) is 0 Å². The molecule has 0 saturated heterocycles. The first-order valence-corrected chi connectivity index (χ1v) is 10.00. The van der Waals surface area contributed by atoms with Gasteiger partial charge in [0, 0.05) is 16.6 Å². The van der Waals surface area contributed by atoms with Gasteiger partial charge in [0.15, 0.2) is 4.80 Å². The van der Waals surface area contributed by atoms with Crippen molar-refractivity contribution < 1.29 is 17.9 Å². The fourth-order valence-electron chi connectivity index (χ4n) is 2.89. The topological polar surface area (TPSA) is 68.7 Å². The third-order valence-corrected chi connectivity index (χ3v) is 5.80. The summed E-state index contributed by atoms with van der Waals surface area (Å²) in [7, 11) is 0. The largest absolute Gasteiger partial charge is 0.573 e. The van der Waals surface area contributed by atoms with Gasteiger partial charge >= 0.3 is 6.36 Å². The van der Waals surface area contributed by atoms with Gasteiger partial charge in [-0.1, -0.05) is 50.7 Å². The number of hydrogen-bond donors (Lipinski definition) is 1. The summed E-state index contributed by atoms with van der Waals surface area (Å²) in [6, 6.07) is 11.8. The van der Waals surface area contributed by atoms with E-state index < -0.39 is 6.36 Å². The first-order chi connectivity index (χ1) is 13.8. The molecule has 150 valence electrons. The van der Waals surface area contributed by atoms with E-state index in [1.807, 2.05) is 30.5 Å². The van der Waals surface area contributed by atoms with Crippen LogP contribution in [0.2, 0.25) is 0 Å². The quantitative estimate of drug-likeness (QED) is 0.443. The lowest BCUT2D eigenvalue weighted by molar-refractivity contribution is -0.274. The number of aromatic nitrogens is 4. The van der Waals surface area contributed by atoms with Crippen LogP contribution >= 0.6 is 27.3 Å². The molecule has 0 aliphatic carbocycles. The highest BCUT2D eigenvalue weighted by molar-refractivity contribution is 9.10. The second-order valence-corrected chi connectivity index (χ2v) is 7.97. The maximum Gasteiger partial charge on any atom is 0.573 e. The van der Waals surface area contributed by atoms with Gasteiger partial charge in [-0.25, -0.2) is 0 Å². The minimum atomic E-state index is -4.75. The third kappa shape index (κ3) is 4.35. The number of benzene rings is 2. The van der Waals surface area contributed by atoms with Crippen LogP contribution in [0.5, 0.6) is 5.75 Å². The number of rotatable bonds is 5. The summed E-state index contributed by atoms with van der Waals surface area (Å²) in [6.07, 6.45) is -2.93. The van der Waals surface area contributed by atoms with Crippen LogP contribution in [0.4, 0.5) is 13.2 Å². The van der Waals surface area contributed by atoms with Crippen LogP contribution in [0.3, 0.4) is 0 Å². The van der Waals surface area contributed by atoms with E-state index in [0.29, 0.717) is 23.3 Å². The van der Waals surface area contributed by atoms with Gasteiger partial charge in [-0.05, 0) is 24.3 Å². The molecule has 2 heterocycles. The molecule has 0 atom stereocenters. The van der Waals surface area contributed by atoms with Crippen molar-refractivity contribution in [3.05, 3.63) is 57.9 Å². The van der Waals surface area contributed by atoms with E-state index in [1.165, 1.54) is 18.2 Å². The highest BCUT2D eigenvalue weighted by Crippen LogP contribution is 2.28. The molecule has 0 radical (unpaired) electrons. The molecule has 6 nitrogen and oxygen atoms in total. The van der Waals surface area contributed by atoms with Crippen LogP contribution in [-0.2, 0) is 13.1 Å². The lowest BCUT2D eigenvalue weighted by Crippen LogP contribution is -2.17. The molecule has 0 spiro atoms. The first-order valence-electron chi connectivity index (χ1n) is 8.39. The molecule has 1 N–H and O–H groups in total. The van der Waals surface area contributed by atoms with Crippen molar-refractivity contribution in [2.45, 2.75) is 19.5 Å². The fourth-order valence-corrected chi connectivity index (χ4v) is 4.34. The molecule has 0 unspecified atom stereocenters. The Labute approximate surface area is 174 Å². The average Bonchev–Trinajstić information content (AvgIpc) is 3.22. The van der Waals surface area contributed by atoms with Crippen molar-refractivity contribution in [3.8, 4) is 17.0 Å². The molecule has 0 amide bonds. The van der Waals surface area contributed by atoms with Gasteiger partial charge < -0.3 is 9.30 Å². The molecule has 4 rings (SSSR count). The minimum Gasteiger partial charge on any atom is -0.406 e. The van der Waals surface area contributed by atoms with Gasteiger partial charge in [0.05, 0.1) is 23.0 Å². The lowest BCUT2D eigenvalue weighted by Gasteiger charge is -2.09. The Morgan fingerprint density at radius 2 is 1.93 bits per heavy atom. The first kappa shape index (κ1) is 19.6. The summed E-state index contributed by atoms with van der Waals surface area (Å²) in [5, 5.41) is 16.5. The van der Waals surface area contributed by atoms with Gasteiger partial charge in [0.2, 0.25) is 0 Å². The Hall–Kier alpha value is -2.66. The molecule has 0 fully saturated rings. The summed E-state index contributed by atoms with van der Waals surface area (Å²) in [4.78, 5) is 0.232. The van der Waals surface area contributed by atoms with Crippen LogP contribution in [-0.4, -0.2) is 25.9 Å². The van der Waals surface area contributed by atoms with Crippen LogP contribution < -0.4 is 9.54 Å². The molecular formula is C18H13BrF3N5OS. The zero-order valence-corrected chi connectivity index (χ0v) is 17.1. The van der Waals surface area contributed by atoms with Crippen molar-refractivity contribution in [2.75, 3.05) is 0 Å². The normalized spacial score (nSPS) is 11.9. The van der Waals surface area contributed by atoms with Gasteiger partial charge in [-0.2, -0.15) is 0 Å². The van der Waals surface area contributed by atoms with Crippen molar-refractivity contribution in [2.24, 2.45) is 0 Å². The Morgan fingerprint density at radius 3 is 2.69 bits per heavy atom. The van der Waals surface area contributed by atoms with Crippen molar-refractivity contribution in [1.29, 1.82) is 5.41 Å².